The van der Waals surface area contributed by atoms with Gasteiger partial charge in [-0.1, -0.05) is 6.92 Å². The molecule has 0 saturated heterocycles. The molecular formula is C12H24N2O2. The van der Waals surface area contributed by atoms with Crippen LogP contribution in [0.5, 0.6) is 0 Å². The number of rotatable bonds is 5. The number of carbonyl (C=O) groups is 1. The Labute approximate surface area is 97.9 Å². The number of ether oxygens (including phenoxy) is 1. The average molecular weight is 228 g/mol. The molecule has 0 aromatic rings. The third-order valence-electron chi connectivity index (χ3n) is 3.12. The van der Waals surface area contributed by atoms with Crippen molar-refractivity contribution in [1.29, 1.82) is 0 Å². The zero-order valence-corrected chi connectivity index (χ0v) is 10.4. The summed E-state index contributed by atoms with van der Waals surface area (Å²) in [6.07, 6.45) is 4.64. The normalized spacial score (nSPS) is 27.4. The van der Waals surface area contributed by atoms with Crippen molar-refractivity contribution in [1.82, 2.24) is 5.32 Å². The van der Waals surface area contributed by atoms with E-state index < -0.39 is 0 Å². The monoisotopic (exact) mass is 228 g/mol. The minimum absolute atomic E-state index is 0.144. The van der Waals surface area contributed by atoms with E-state index in [1.165, 1.54) is 0 Å². The van der Waals surface area contributed by atoms with Gasteiger partial charge < -0.3 is 15.8 Å². The van der Waals surface area contributed by atoms with Gasteiger partial charge in [-0.15, -0.1) is 0 Å². The molecule has 0 aromatic heterocycles. The first kappa shape index (κ1) is 13.5. The summed E-state index contributed by atoms with van der Waals surface area (Å²) < 4.78 is 5.01. The smallest absolute Gasteiger partial charge is 0.220 e. The molecule has 1 amide bonds. The molecule has 4 nitrogen and oxygen atoms in total. The zero-order valence-electron chi connectivity index (χ0n) is 10.4. The Bertz CT molecular complexity index is 213. The maximum Gasteiger partial charge on any atom is 0.220 e. The number of hydrogen-bond acceptors (Lipinski definition) is 3. The topological polar surface area (TPSA) is 64.3 Å². The molecule has 1 fully saturated rings. The van der Waals surface area contributed by atoms with Gasteiger partial charge in [0.05, 0.1) is 0 Å². The number of carbonyl (C=O) groups excluding carboxylic acids is 1. The maximum atomic E-state index is 11.7. The van der Waals surface area contributed by atoms with Crippen LogP contribution >= 0.6 is 0 Å². The van der Waals surface area contributed by atoms with E-state index in [0.717, 1.165) is 25.7 Å². The van der Waals surface area contributed by atoms with Crippen LogP contribution in [0.15, 0.2) is 0 Å². The van der Waals surface area contributed by atoms with E-state index in [1.54, 1.807) is 7.11 Å². The number of nitrogens with two attached hydrogens (primary N) is 1. The molecule has 1 rings (SSSR count). The highest BCUT2D eigenvalue weighted by atomic mass is 16.5. The molecule has 1 unspecified atom stereocenters. The Hall–Kier alpha value is -0.610. The number of hydrogen-bond donors (Lipinski definition) is 2. The summed E-state index contributed by atoms with van der Waals surface area (Å²) in [5, 5.41) is 3.08. The van der Waals surface area contributed by atoms with Gasteiger partial charge in [-0.25, -0.2) is 0 Å². The fraction of sp³-hybridized carbons (Fsp3) is 0.917. The van der Waals surface area contributed by atoms with Gasteiger partial charge in [0, 0.05) is 32.2 Å². The molecule has 0 aromatic carbocycles. The van der Waals surface area contributed by atoms with Crippen LogP contribution in [0.25, 0.3) is 0 Å². The van der Waals surface area contributed by atoms with Gasteiger partial charge in [0.1, 0.15) is 0 Å². The molecule has 1 atom stereocenters. The fourth-order valence-corrected chi connectivity index (χ4v) is 2.21. The van der Waals surface area contributed by atoms with Gasteiger partial charge in [0.15, 0.2) is 0 Å². The van der Waals surface area contributed by atoms with Crippen molar-refractivity contribution in [3.63, 3.8) is 0 Å². The molecule has 1 saturated carbocycles. The van der Waals surface area contributed by atoms with Gasteiger partial charge in [-0.2, -0.15) is 0 Å². The Morgan fingerprint density at radius 3 is 2.62 bits per heavy atom. The molecule has 0 aliphatic heterocycles. The standard InChI is InChI=1S/C12H24N2O2/c1-9(8-16-2)7-12(15)14-11-5-3-10(13)4-6-11/h9-11H,3-8,13H2,1-2H3,(H,14,15). The Morgan fingerprint density at radius 2 is 2.06 bits per heavy atom. The molecule has 4 heteroatoms. The van der Waals surface area contributed by atoms with Crippen molar-refractivity contribution >= 4 is 5.91 Å². The lowest BCUT2D eigenvalue weighted by Crippen LogP contribution is -2.41. The minimum Gasteiger partial charge on any atom is -0.384 e. The van der Waals surface area contributed by atoms with E-state index in [9.17, 15) is 4.79 Å². The van der Waals surface area contributed by atoms with Crippen LogP contribution in [0.1, 0.15) is 39.0 Å². The van der Waals surface area contributed by atoms with Crippen LogP contribution in [0.3, 0.4) is 0 Å². The van der Waals surface area contributed by atoms with Crippen LogP contribution in [0.4, 0.5) is 0 Å². The largest absolute Gasteiger partial charge is 0.384 e. The molecule has 1 aliphatic rings. The maximum absolute atomic E-state index is 11.7. The highest BCUT2D eigenvalue weighted by Crippen LogP contribution is 2.17. The summed E-state index contributed by atoms with van der Waals surface area (Å²) >= 11 is 0. The van der Waals surface area contributed by atoms with Crippen molar-refractivity contribution in [2.24, 2.45) is 11.7 Å². The quantitative estimate of drug-likeness (QED) is 0.739. The predicted octanol–water partition coefficient (Wildman–Crippen LogP) is 1.05. The SMILES string of the molecule is COCC(C)CC(=O)NC1CCC(N)CC1. The van der Waals surface area contributed by atoms with Crippen LogP contribution in [-0.2, 0) is 9.53 Å². The van der Waals surface area contributed by atoms with E-state index in [1.807, 2.05) is 6.92 Å². The summed E-state index contributed by atoms with van der Waals surface area (Å²) in [5.41, 5.74) is 5.82. The van der Waals surface area contributed by atoms with E-state index in [4.69, 9.17) is 10.5 Å². The second kappa shape index (κ2) is 6.86. The third kappa shape index (κ3) is 4.94. The highest BCUT2D eigenvalue weighted by Gasteiger charge is 2.20. The third-order valence-corrected chi connectivity index (χ3v) is 3.12. The van der Waals surface area contributed by atoms with Crippen molar-refractivity contribution < 1.29 is 9.53 Å². The van der Waals surface area contributed by atoms with E-state index >= 15 is 0 Å². The van der Waals surface area contributed by atoms with E-state index in [0.29, 0.717) is 25.1 Å². The van der Waals surface area contributed by atoms with Crippen LogP contribution in [0.2, 0.25) is 0 Å². The highest BCUT2D eigenvalue weighted by molar-refractivity contribution is 5.76. The second-order valence-electron chi connectivity index (χ2n) is 4.94. The molecule has 0 radical (unpaired) electrons. The van der Waals surface area contributed by atoms with Crippen LogP contribution in [0, 0.1) is 5.92 Å². The van der Waals surface area contributed by atoms with Gasteiger partial charge >= 0.3 is 0 Å². The van der Waals surface area contributed by atoms with E-state index in [-0.39, 0.29) is 11.8 Å². The molecule has 1 aliphatic carbocycles. The molecule has 0 heterocycles. The summed E-state index contributed by atoms with van der Waals surface area (Å²) in [4.78, 5) is 11.7. The first-order chi connectivity index (χ1) is 7.61. The lowest BCUT2D eigenvalue weighted by atomic mass is 9.91. The summed E-state index contributed by atoms with van der Waals surface area (Å²) in [6, 6.07) is 0.669. The fourth-order valence-electron chi connectivity index (χ4n) is 2.21. The first-order valence-electron chi connectivity index (χ1n) is 6.15. The average Bonchev–Trinajstić information content (AvgIpc) is 2.21. The van der Waals surface area contributed by atoms with Crippen molar-refractivity contribution in [2.45, 2.75) is 51.1 Å². The molecule has 94 valence electrons. The molecule has 0 spiro atoms. The lowest BCUT2D eigenvalue weighted by Gasteiger charge is -2.27. The van der Waals surface area contributed by atoms with Crippen molar-refractivity contribution in [3.8, 4) is 0 Å². The summed E-state index contributed by atoms with van der Waals surface area (Å²) in [6.45, 7) is 2.67. The van der Waals surface area contributed by atoms with Crippen molar-refractivity contribution in [3.05, 3.63) is 0 Å². The first-order valence-corrected chi connectivity index (χ1v) is 6.15. The number of amides is 1. The van der Waals surface area contributed by atoms with Gasteiger partial charge in [0.25, 0.3) is 0 Å². The molecule has 0 bridgehead atoms. The lowest BCUT2D eigenvalue weighted by molar-refractivity contribution is -0.123. The number of nitrogens with one attached hydrogen (secondary N) is 1. The van der Waals surface area contributed by atoms with Gasteiger partial charge in [-0.3, -0.25) is 4.79 Å². The van der Waals surface area contributed by atoms with Crippen molar-refractivity contribution in [2.75, 3.05) is 13.7 Å². The van der Waals surface area contributed by atoms with Crippen LogP contribution in [-0.4, -0.2) is 31.7 Å². The van der Waals surface area contributed by atoms with Crippen LogP contribution < -0.4 is 11.1 Å². The van der Waals surface area contributed by atoms with Gasteiger partial charge in [0.2, 0.25) is 5.91 Å². The predicted molar refractivity (Wildman–Crippen MR) is 64.0 cm³/mol. The minimum atomic E-state index is 0.144. The summed E-state index contributed by atoms with van der Waals surface area (Å²) in [5.74, 6) is 0.431. The zero-order chi connectivity index (χ0) is 12.0. The van der Waals surface area contributed by atoms with Gasteiger partial charge in [-0.05, 0) is 31.6 Å². The Morgan fingerprint density at radius 1 is 1.44 bits per heavy atom. The molecule has 3 N–H and O–H groups in total. The second-order valence-corrected chi connectivity index (χ2v) is 4.94. The molecular weight excluding hydrogens is 204 g/mol. The van der Waals surface area contributed by atoms with E-state index in [2.05, 4.69) is 5.32 Å². The number of methoxy groups -OCH3 is 1. The summed E-state index contributed by atoms with van der Waals surface area (Å²) in [7, 11) is 1.66. The Balaban J connectivity index is 2.18. The Kier molecular flexibility index (Phi) is 5.77. The molecule has 16 heavy (non-hydrogen) atoms.